The summed E-state index contributed by atoms with van der Waals surface area (Å²) in [7, 11) is 0. The molecule has 2 aromatic heterocycles. The van der Waals surface area contributed by atoms with Crippen LogP contribution < -0.4 is 9.47 Å². The summed E-state index contributed by atoms with van der Waals surface area (Å²) >= 11 is 0. The zero-order chi connectivity index (χ0) is 73.9. The van der Waals surface area contributed by atoms with E-state index in [1.54, 1.807) is 0 Å². The molecule has 1 atom stereocenters. The van der Waals surface area contributed by atoms with Gasteiger partial charge in [-0.05, 0) is 155 Å². The van der Waals surface area contributed by atoms with Gasteiger partial charge in [0.25, 0.3) is 0 Å². The molecule has 4 heterocycles. The largest absolute Gasteiger partial charge is 0.457 e. The molecule has 16 aromatic carbocycles. The quantitative estimate of drug-likeness (QED) is 0.129. The molecule has 1 unspecified atom stereocenters. The minimum absolute atomic E-state index is 0.565. The topological polar surface area (TPSA) is 70.0 Å². The smallest absolute Gasteiger partial charge is 0.161 e. The fourth-order valence-electron chi connectivity index (χ4n) is 18.4. The fourth-order valence-corrected chi connectivity index (χ4v) is 18.4. The molecule has 0 saturated carbocycles. The van der Waals surface area contributed by atoms with E-state index in [0.29, 0.717) is 11.6 Å². The van der Waals surface area contributed by atoms with Gasteiger partial charge >= 0.3 is 0 Å². The maximum Gasteiger partial charge on any atom is 0.161 e. The van der Waals surface area contributed by atoms with Crippen LogP contribution in [-0.4, -0.2) is 19.9 Å². The molecule has 2 aliphatic carbocycles. The number of ether oxygens (including phenoxy) is 2. The Bertz CT molecular complexity index is 6800. The maximum absolute atomic E-state index is 7.18. The molecular weight excluding hydrogens is 1360 g/mol. The van der Waals surface area contributed by atoms with Crippen molar-refractivity contribution >= 4 is 0 Å². The third-order valence-corrected chi connectivity index (χ3v) is 23.3. The van der Waals surface area contributed by atoms with E-state index in [-0.39, 0.29) is 0 Å². The molecular formula is C106H66N4O2. The predicted octanol–water partition coefficient (Wildman–Crippen LogP) is 26.5. The second-order valence-electron chi connectivity index (χ2n) is 29.3. The monoisotopic (exact) mass is 1430 g/mol. The molecule has 2 spiro atoms. The van der Waals surface area contributed by atoms with Gasteiger partial charge in [0.2, 0.25) is 0 Å². The van der Waals surface area contributed by atoms with Crippen LogP contribution in [-0.2, 0) is 10.8 Å². The van der Waals surface area contributed by atoms with Crippen LogP contribution in [0.25, 0.3) is 146 Å². The van der Waals surface area contributed by atoms with E-state index in [1.807, 2.05) is 12.1 Å². The number of hydrogen-bond donors (Lipinski definition) is 0. The minimum atomic E-state index is -0.698. The Labute approximate surface area is 649 Å². The zero-order valence-corrected chi connectivity index (χ0v) is 60.7. The van der Waals surface area contributed by atoms with E-state index < -0.39 is 10.8 Å². The van der Waals surface area contributed by atoms with Crippen LogP contribution in [0.1, 0.15) is 44.5 Å². The number of hydrogen-bond acceptors (Lipinski definition) is 6. The molecule has 0 fully saturated rings. The first kappa shape index (κ1) is 64.5. The molecule has 22 rings (SSSR count). The summed E-state index contributed by atoms with van der Waals surface area (Å²) < 4.78 is 14.2. The highest BCUT2D eigenvalue weighted by molar-refractivity contribution is 5.95. The van der Waals surface area contributed by atoms with Crippen molar-refractivity contribution in [2.45, 2.75) is 10.8 Å². The lowest BCUT2D eigenvalue weighted by molar-refractivity contribution is 0.436. The number of nitrogens with zero attached hydrogens (tertiary/aromatic N) is 4. The number of benzene rings is 16. The molecule has 6 nitrogen and oxygen atoms in total. The molecule has 4 aliphatic rings. The average molecular weight is 1430 g/mol. The van der Waals surface area contributed by atoms with E-state index >= 15 is 0 Å². The van der Waals surface area contributed by atoms with E-state index in [4.69, 9.17) is 29.4 Å². The van der Waals surface area contributed by atoms with Crippen LogP contribution in [0.3, 0.4) is 0 Å². The Kier molecular flexibility index (Phi) is 15.0. The van der Waals surface area contributed by atoms with E-state index in [9.17, 15) is 0 Å². The highest BCUT2D eigenvalue weighted by atomic mass is 16.5. The van der Waals surface area contributed by atoms with Gasteiger partial charge in [0.05, 0.1) is 33.6 Å². The zero-order valence-electron chi connectivity index (χ0n) is 60.7. The Morgan fingerprint density at radius 1 is 0.152 bits per heavy atom. The van der Waals surface area contributed by atoms with Gasteiger partial charge < -0.3 is 9.47 Å². The van der Waals surface area contributed by atoms with Crippen LogP contribution in [0.5, 0.6) is 23.0 Å². The molecule has 0 N–H and O–H groups in total. The van der Waals surface area contributed by atoms with Crippen LogP contribution in [0.2, 0.25) is 0 Å². The first-order valence-corrected chi connectivity index (χ1v) is 38.2. The first-order valence-electron chi connectivity index (χ1n) is 38.2. The van der Waals surface area contributed by atoms with Gasteiger partial charge in [0, 0.05) is 55.6 Å². The Morgan fingerprint density at radius 3 is 0.929 bits per heavy atom. The molecule has 0 amide bonds. The number of rotatable bonds is 11. The highest BCUT2D eigenvalue weighted by Gasteiger charge is 2.53. The summed E-state index contributed by atoms with van der Waals surface area (Å²) in [6, 6.07) is 143. The van der Waals surface area contributed by atoms with Gasteiger partial charge in [0.1, 0.15) is 23.0 Å². The van der Waals surface area contributed by atoms with Crippen LogP contribution in [0, 0.1) is 0 Å². The fraction of sp³-hybridized carbons (Fsp3) is 0.0189. The molecule has 0 saturated heterocycles. The second-order valence-corrected chi connectivity index (χ2v) is 29.3. The van der Waals surface area contributed by atoms with Crippen molar-refractivity contribution in [3.63, 3.8) is 0 Å². The third-order valence-electron chi connectivity index (χ3n) is 23.3. The van der Waals surface area contributed by atoms with E-state index in [2.05, 4.69) is 388 Å². The lowest BCUT2D eigenvalue weighted by atomic mass is 9.66. The van der Waals surface area contributed by atoms with Crippen molar-refractivity contribution in [1.29, 1.82) is 0 Å². The highest BCUT2D eigenvalue weighted by Crippen LogP contribution is 2.65. The Balaban J connectivity index is 0.614. The standard InChI is InChI=1S/C106H66N4O2/c1-4-28-67(29-5-1)77-38-10-13-44-83(77)98-66-96(69-32-8-3-9-33-69)108-104(110-98)85-46-15-12-40-79(85)75-56-59-94-102(64-75)112-100-53-25-23-51-92(100)106(94)89-49-21-18-43-82(89)86-62-73(54-57-90(86)106)71-35-26-34-70(60-71)72-36-27-37-76(61-72)97-65-95(68-30-6-2-7-31-68)107-103(109-97)84-45-14-11-39-78(84)74-55-58-93-101(63-74)111-99-52-24-22-50-91(99)105(93)87-47-19-16-41-80(87)81-42-17-20-48-88(81)105/h1-66H. The van der Waals surface area contributed by atoms with Crippen LogP contribution in [0.15, 0.2) is 400 Å². The molecule has 2 aliphatic heterocycles. The van der Waals surface area contributed by atoms with Gasteiger partial charge in [0.15, 0.2) is 11.6 Å². The lowest BCUT2D eigenvalue weighted by Gasteiger charge is -2.39. The van der Waals surface area contributed by atoms with Crippen molar-refractivity contribution < 1.29 is 9.47 Å². The number of aromatic nitrogens is 4. The predicted molar refractivity (Wildman–Crippen MR) is 452 cm³/mol. The first-order chi connectivity index (χ1) is 55.5. The summed E-state index contributed by atoms with van der Waals surface area (Å²) in [5.41, 5.74) is 32.9. The van der Waals surface area contributed by atoms with Crippen molar-refractivity contribution in [3.8, 4) is 169 Å². The van der Waals surface area contributed by atoms with Gasteiger partial charge in [-0.25, -0.2) is 19.9 Å². The van der Waals surface area contributed by atoms with E-state index in [1.165, 1.54) is 44.5 Å². The van der Waals surface area contributed by atoms with Crippen molar-refractivity contribution in [1.82, 2.24) is 19.9 Å². The third kappa shape index (κ3) is 10.2. The van der Waals surface area contributed by atoms with Gasteiger partial charge in [-0.15, -0.1) is 0 Å². The average Bonchev–Trinajstić information content (AvgIpc) is 1.52. The summed E-state index contributed by atoms with van der Waals surface area (Å²) in [5, 5.41) is 0. The van der Waals surface area contributed by atoms with Crippen LogP contribution >= 0.6 is 0 Å². The SMILES string of the molecule is c1ccc(-c2cc(-c3cccc(-c4cccc(-c5ccc6c(c5)-c5ccccc5C65c6ccccc6Oc6cc(-c7ccccc7-c7nc(-c8ccccc8)cc(-c8ccccc8-c8ccccc8)n7)ccc65)c4)c3)nc(-c3ccccc3-c3ccc4c(c3)Oc3ccccc3C43c4ccccc4-c4ccccc43)n2)cc1. The lowest BCUT2D eigenvalue weighted by Crippen LogP contribution is -2.32. The van der Waals surface area contributed by atoms with E-state index in [0.717, 1.165) is 157 Å². The van der Waals surface area contributed by atoms with Gasteiger partial charge in [-0.1, -0.05) is 346 Å². The van der Waals surface area contributed by atoms with Crippen LogP contribution in [0.4, 0.5) is 0 Å². The number of fused-ring (bicyclic) bond motifs is 18. The molecule has 0 radical (unpaired) electrons. The van der Waals surface area contributed by atoms with Gasteiger partial charge in [-0.3, -0.25) is 0 Å². The summed E-state index contributed by atoms with van der Waals surface area (Å²) in [5.74, 6) is 4.57. The van der Waals surface area contributed by atoms with Crippen molar-refractivity contribution in [2.24, 2.45) is 0 Å². The van der Waals surface area contributed by atoms with Gasteiger partial charge in [-0.2, -0.15) is 0 Å². The maximum atomic E-state index is 7.18. The normalized spacial score (nSPS) is 14.0. The number of para-hydroxylation sites is 2. The second kappa shape index (κ2) is 26.0. The summed E-state index contributed by atoms with van der Waals surface area (Å²) in [6.45, 7) is 0. The minimum Gasteiger partial charge on any atom is -0.457 e. The molecule has 6 heteroatoms. The molecule has 522 valence electrons. The Hall–Kier alpha value is -14.7. The van der Waals surface area contributed by atoms with Crippen molar-refractivity contribution in [3.05, 3.63) is 445 Å². The molecule has 0 bridgehead atoms. The summed E-state index contributed by atoms with van der Waals surface area (Å²) in [6.07, 6.45) is 0. The van der Waals surface area contributed by atoms with Crippen molar-refractivity contribution in [2.75, 3.05) is 0 Å². The molecule has 18 aromatic rings. The molecule has 112 heavy (non-hydrogen) atoms. The Morgan fingerprint density at radius 2 is 0.446 bits per heavy atom. The summed E-state index contributed by atoms with van der Waals surface area (Å²) in [4.78, 5) is 21.8.